The van der Waals surface area contributed by atoms with Crippen LogP contribution in [-0.2, 0) is 11.1 Å². The highest BCUT2D eigenvalue weighted by atomic mass is 32.2. The van der Waals surface area contributed by atoms with E-state index in [2.05, 4.69) is 4.98 Å². The number of pyridine rings is 1. The Balaban J connectivity index is 3.38. The largest absolute Gasteiger partial charge is 0.302 e. The van der Waals surface area contributed by atoms with E-state index in [9.17, 15) is 17.4 Å². The molecule has 0 saturated carbocycles. The first-order valence-electron chi connectivity index (χ1n) is 2.64. The summed E-state index contributed by atoms with van der Waals surface area (Å²) in [4.78, 5) is 1.39. The van der Waals surface area contributed by atoms with E-state index < -0.39 is 33.7 Å². The maximum absolute atomic E-state index is 12.5. The molecule has 0 spiro atoms. The highest BCUT2D eigenvalue weighted by Crippen LogP contribution is 2.14. The Morgan fingerprint density at radius 1 is 1.42 bits per heavy atom. The third kappa shape index (κ3) is 1.62. The van der Waals surface area contributed by atoms with Crippen molar-refractivity contribution in [1.29, 1.82) is 0 Å². The van der Waals surface area contributed by atoms with Crippen molar-refractivity contribution in [3.8, 4) is 0 Å². The molecule has 1 N–H and O–H groups in total. The van der Waals surface area contributed by atoms with E-state index in [1.165, 1.54) is 0 Å². The molecule has 0 radical (unpaired) electrons. The summed E-state index contributed by atoms with van der Waals surface area (Å²) in [6.07, 6.45) is 0. The maximum atomic E-state index is 12.5. The van der Waals surface area contributed by atoms with Crippen molar-refractivity contribution in [2.24, 2.45) is 0 Å². The second-order valence-corrected chi connectivity index (χ2v) is 2.70. The van der Waals surface area contributed by atoms with Gasteiger partial charge in [-0.2, -0.15) is 13.8 Å². The zero-order valence-electron chi connectivity index (χ0n) is 5.42. The van der Waals surface area contributed by atoms with E-state index >= 15 is 0 Å². The lowest BCUT2D eigenvalue weighted by Gasteiger charge is -1.97. The third-order valence-electron chi connectivity index (χ3n) is 1.03. The number of rotatable bonds is 1. The average molecular weight is 197 g/mol. The first-order chi connectivity index (χ1) is 5.52. The fourth-order valence-electron chi connectivity index (χ4n) is 0.601. The molecular formula is C5H2F3NO2S. The minimum Gasteiger partial charge on any atom is -0.302 e. The van der Waals surface area contributed by atoms with Crippen molar-refractivity contribution in [3.63, 3.8) is 0 Å². The number of halogens is 3. The minimum absolute atomic E-state index is 0.229. The van der Waals surface area contributed by atoms with Gasteiger partial charge < -0.3 is 4.55 Å². The van der Waals surface area contributed by atoms with Crippen LogP contribution in [0.5, 0.6) is 0 Å². The van der Waals surface area contributed by atoms with Gasteiger partial charge in [-0.1, -0.05) is 0 Å². The van der Waals surface area contributed by atoms with Crippen molar-refractivity contribution >= 4 is 11.1 Å². The molecule has 0 saturated heterocycles. The van der Waals surface area contributed by atoms with Gasteiger partial charge in [0.2, 0.25) is 11.9 Å². The third-order valence-corrected chi connectivity index (χ3v) is 1.74. The molecule has 12 heavy (non-hydrogen) atoms. The molecule has 0 fully saturated rings. The Morgan fingerprint density at radius 3 is 2.42 bits per heavy atom. The predicted molar refractivity (Wildman–Crippen MR) is 33.1 cm³/mol. The van der Waals surface area contributed by atoms with Crippen LogP contribution in [0.25, 0.3) is 0 Å². The van der Waals surface area contributed by atoms with E-state index in [-0.39, 0.29) is 6.07 Å². The van der Waals surface area contributed by atoms with Crippen LogP contribution in [0.15, 0.2) is 11.0 Å². The van der Waals surface area contributed by atoms with Gasteiger partial charge in [-0.15, -0.1) is 0 Å². The monoisotopic (exact) mass is 197 g/mol. The van der Waals surface area contributed by atoms with Crippen LogP contribution >= 0.6 is 0 Å². The normalized spacial score (nSPS) is 13.0. The van der Waals surface area contributed by atoms with Crippen molar-refractivity contribution in [3.05, 3.63) is 23.8 Å². The van der Waals surface area contributed by atoms with Crippen LogP contribution in [0.3, 0.4) is 0 Å². The molecule has 0 aromatic carbocycles. The summed E-state index contributed by atoms with van der Waals surface area (Å²) < 4.78 is 55.5. The second-order valence-electron chi connectivity index (χ2n) is 1.80. The van der Waals surface area contributed by atoms with Crippen LogP contribution in [0.1, 0.15) is 0 Å². The van der Waals surface area contributed by atoms with Crippen LogP contribution in [0.4, 0.5) is 13.2 Å². The van der Waals surface area contributed by atoms with Crippen molar-refractivity contribution in [2.75, 3.05) is 0 Å². The molecule has 1 aromatic rings. The van der Waals surface area contributed by atoms with E-state index in [0.717, 1.165) is 0 Å². The van der Waals surface area contributed by atoms with Gasteiger partial charge in [-0.3, -0.25) is 0 Å². The number of aromatic nitrogens is 1. The number of nitrogens with zero attached hydrogens (tertiary/aromatic N) is 1. The quantitative estimate of drug-likeness (QED) is 0.541. The van der Waals surface area contributed by atoms with Crippen LogP contribution < -0.4 is 0 Å². The fraction of sp³-hybridized carbons (Fsp3) is 0. The summed E-state index contributed by atoms with van der Waals surface area (Å²) in [5.41, 5.74) is 0. The molecule has 66 valence electrons. The first-order valence-corrected chi connectivity index (χ1v) is 3.75. The molecule has 0 aliphatic carbocycles. The highest BCUT2D eigenvalue weighted by Gasteiger charge is 2.17. The molecule has 3 nitrogen and oxygen atoms in total. The van der Waals surface area contributed by atoms with Gasteiger partial charge in [0.1, 0.15) is 0 Å². The molecule has 0 bridgehead atoms. The van der Waals surface area contributed by atoms with Crippen LogP contribution in [0, 0.1) is 17.7 Å². The Labute approximate surface area is 67.5 Å². The summed E-state index contributed by atoms with van der Waals surface area (Å²) in [5.74, 6) is -4.42. The van der Waals surface area contributed by atoms with Gasteiger partial charge in [-0.25, -0.2) is 8.60 Å². The molecule has 1 atom stereocenters. The number of hydrogen-bond acceptors (Lipinski definition) is 2. The molecule has 0 aliphatic heterocycles. The summed E-state index contributed by atoms with van der Waals surface area (Å²) in [7, 11) is 0. The molecule has 1 aromatic heterocycles. The van der Waals surface area contributed by atoms with Crippen molar-refractivity contribution in [1.82, 2.24) is 4.98 Å². The van der Waals surface area contributed by atoms with Gasteiger partial charge in [0.15, 0.2) is 21.8 Å². The molecule has 1 heterocycles. The molecule has 0 amide bonds. The van der Waals surface area contributed by atoms with E-state index in [4.69, 9.17) is 4.55 Å². The van der Waals surface area contributed by atoms with Gasteiger partial charge in [0, 0.05) is 6.07 Å². The first kappa shape index (κ1) is 9.14. The lowest BCUT2D eigenvalue weighted by Crippen LogP contribution is -2.02. The van der Waals surface area contributed by atoms with E-state index in [1.54, 1.807) is 0 Å². The smallest absolute Gasteiger partial charge is 0.237 e. The highest BCUT2D eigenvalue weighted by molar-refractivity contribution is 7.79. The van der Waals surface area contributed by atoms with Crippen molar-refractivity contribution in [2.45, 2.75) is 4.90 Å². The zero-order valence-corrected chi connectivity index (χ0v) is 6.24. The second kappa shape index (κ2) is 3.20. The summed E-state index contributed by atoms with van der Waals surface area (Å²) in [6.45, 7) is 0. The molecule has 1 rings (SSSR count). The Bertz CT molecular complexity index is 320. The van der Waals surface area contributed by atoms with Crippen molar-refractivity contribution < 1.29 is 21.9 Å². The van der Waals surface area contributed by atoms with Gasteiger partial charge in [0.25, 0.3) is 0 Å². The van der Waals surface area contributed by atoms with Gasteiger partial charge in [0.05, 0.1) is 0 Å². The summed E-state index contributed by atoms with van der Waals surface area (Å²) in [5, 5.41) is 0. The predicted octanol–water partition coefficient (Wildman–Crippen LogP) is 1.08. The van der Waals surface area contributed by atoms with E-state index in [1.807, 2.05) is 0 Å². The standard InChI is InChI=1S/C5H2F3NO2S/c6-2-1-3(7)9-5(8)4(2)12(10)11/h1H,(H,10,11). The SMILES string of the molecule is O=S(O)c1c(F)cc(F)nc1F. The summed E-state index contributed by atoms with van der Waals surface area (Å²) in [6, 6.07) is 0.229. The zero-order chi connectivity index (χ0) is 9.30. The molecule has 0 aliphatic rings. The number of hydrogen-bond donors (Lipinski definition) is 1. The van der Waals surface area contributed by atoms with Gasteiger partial charge >= 0.3 is 0 Å². The minimum atomic E-state index is -2.84. The Hall–Kier alpha value is -0.950. The van der Waals surface area contributed by atoms with Crippen LogP contribution in [-0.4, -0.2) is 13.7 Å². The summed E-state index contributed by atoms with van der Waals surface area (Å²) >= 11 is -2.84. The van der Waals surface area contributed by atoms with Gasteiger partial charge in [-0.05, 0) is 0 Å². The molecular weight excluding hydrogens is 195 g/mol. The average Bonchev–Trinajstić information content (AvgIpc) is 1.82. The topological polar surface area (TPSA) is 50.2 Å². The van der Waals surface area contributed by atoms with E-state index in [0.29, 0.717) is 0 Å². The fourth-order valence-corrected chi connectivity index (χ4v) is 1.02. The molecule has 7 heteroatoms. The maximum Gasteiger partial charge on any atom is 0.237 e. The lowest BCUT2D eigenvalue weighted by molar-refractivity contribution is 0.447. The lowest BCUT2D eigenvalue weighted by atomic mass is 10.4. The Kier molecular flexibility index (Phi) is 2.43. The Morgan fingerprint density at radius 2 is 2.00 bits per heavy atom. The molecule has 1 unspecified atom stereocenters. The van der Waals surface area contributed by atoms with Crippen LogP contribution in [0.2, 0.25) is 0 Å².